The van der Waals surface area contributed by atoms with Crippen molar-refractivity contribution in [3.8, 4) is 5.75 Å². The van der Waals surface area contributed by atoms with Gasteiger partial charge in [-0.15, -0.1) is 0 Å². The van der Waals surface area contributed by atoms with Crippen molar-refractivity contribution < 1.29 is 23.8 Å². The number of ether oxygens (including phenoxy) is 1. The lowest BCUT2D eigenvalue weighted by atomic mass is 9.99. The number of nitrogens with one attached hydrogen (secondary N) is 1. The number of hydrogen-bond donors (Lipinski definition) is 2. The van der Waals surface area contributed by atoms with Crippen molar-refractivity contribution in [1.82, 2.24) is 5.32 Å². The molecule has 7 nitrogen and oxygen atoms in total. The van der Waals surface area contributed by atoms with Crippen molar-refractivity contribution >= 4 is 22.8 Å². The zero-order chi connectivity index (χ0) is 20.1. The van der Waals surface area contributed by atoms with Crippen molar-refractivity contribution in [3.05, 3.63) is 40.2 Å². The Kier molecular flexibility index (Phi) is 6.60. The zero-order valence-electron chi connectivity index (χ0n) is 15.9. The van der Waals surface area contributed by atoms with Gasteiger partial charge in [-0.1, -0.05) is 27.2 Å². The summed E-state index contributed by atoms with van der Waals surface area (Å²) in [6, 6.07) is 5.50. The summed E-state index contributed by atoms with van der Waals surface area (Å²) in [7, 11) is 0. The number of amides is 1. The minimum absolute atomic E-state index is 0.207. The Bertz CT molecular complexity index is 888. The third kappa shape index (κ3) is 4.87. The number of fused-ring (bicyclic) bond motifs is 1. The van der Waals surface area contributed by atoms with Gasteiger partial charge in [-0.05, 0) is 37.0 Å². The number of hydrogen-bond acceptors (Lipinski definition) is 5. The molecular weight excluding hydrogens is 350 g/mol. The van der Waals surface area contributed by atoms with Gasteiger partial charge in [0.05, 0.1) is 0 Å². The van der Waals surface area contributed by atoms with Crippen LogP contribution in [0, 0.1) is 5.92 Å². The largest absolute Gasteiger partial charge is 0.481 e. The molecule has 0 radical (unpaired) electrons. The van der Waals surface area contributed by atoms with E-state index in [0.717, 1.165) is 10.9 Å². The second-order valence-electron chi connectivity index (χ2n) is 6.57. The lowest BCUT2D eigenvalue weighted by Gasteiger charge is -2.22. The first-order valence-corrected chi connectivity index (χ1v) is 9.03. The third-order valence-corrected chi connectivity index (χ3v) is 4.64. The maximum absolute atomic E-state index is 12.3. The molecule has 0 aliphatic carbocycles. The molecule has 1 aromatic heterocycles. The van der Waals surface area contributed by atoms with Crippen LogP contribution < -0.4 is 15.7 Å². The van der Waals surface area contributed by atoms with E-state index < -0.39 is 29.6 Å². The fraction of sp³-hybridized carbons (Fsp3) is 0.450. The Labute approximate surface area is 157 Å². The van der Waals surface area contributed by atoms with Crippen molar-refractivity contribution in [2.45, 2.75) is 52.7 Å². The predicted octanol–water partition coefficient (Wildman–Crippen LogP) is 2.74. The topological polar surface area (TPSA) is 106 Å². The normalized spacial score (nSPS) is 14.4. The number of rotatable bonds is 8. The quantitative estimate of drug-likeness (QED) is 0.687. The fourth-order valence-electron chi connectivity index (χ4n) is 2.79. The van der Waals surface area contributed by atoms with Crippen LogP contribution in [0.5, 0.6) is 5.75 Å². The Morgan fingerprint density at radius 2 is 1.93 bits per heavy atom. The van der Waals surface area contributed by atoms with Crippen LogP contribution in [0.4, 0.5) is 0 Å². The molecule has 2 N–H and O–H groups in total. The average Bonchev–Trinajstić information content (AvgIpc) is 2.63. The van der Waals surface area contributed by atoms with Gasteiger partial charge >= 0.3 is 11.6 Å². The highest BCUT2D eigenvalue weighted by molar-refractivity contribution is 5.86. The third-order valence-electron chi connectivity index (χ3n) is 4.64. The molecule has 3 atom stereocenters. The molecule has 0 spiro atoms. The van der Waals surface area contributed by atoms with Gasteiger partial charge in [0.2, 0.25) is 0 Å². The first-order chi connectivity index (χ1) is 12.8. The molecule has 0 bridgehead atoms. The standard InChI is InChI=1S/C20H25NO6/c1-5-11(3)18(20(24)25)21-19(23)12(4)26-14-7-8-15-13(6-2)9-17(22)27-16(15)10-14/h7-12,18H,5-6H2,1-4H3,(H,21,23)(H,24,25)/t11-,12-,18-/m0/s1. The van der Waals surface area contributed by atoms with Crippen LogP contribution in [0.1, 0.15) is 39.7 Å². The van der Waals surface area contributed by atoms with E-state index in [1.807, 2.05) is 13.8 Å². The molecule has 27 heavy (non-hydrogen) atoms. The minimum atomic E-state index is -1.08. The molecule has 2 rings (SSSR count). The van der Waals surface area contributed by atoms with Crippen molar-refractivity contribution in [3.63, 3.8) is 0 Å². The summed E-state index contributed by atoms with van der Waals surface area (Å²) >= 11 is 0. The van der Waals surface area contributed by atoms with Crippen LogP contribution in [0.15, 0.2) is 33.5 Å². The van der Waals surface area contributed by atoms with Crippen LogP contribution in [0.3, 0.4) is 0 Å². The van der Waals surface area contributed by atoms with Gasteiger partial charge in [0, 0.05) is 17.5 Å². The molecule has 0 saturated heterocycles. The molecule has 0 aliphatic rings. The van der Waals surface area contributed by atoms with Gasteiger partial charge in [-0.3, -0.25) is 4.79 Å². The van der Waals surface area contributed by atoms with E-state index >= 15 is 0 Å². The summed E-state index contributed by atoms with van der Waals surface area (Å²) in [5, 5.41) is 12.6. The van der Waals surface area contributed by atoms with Crippen LogP contribution >= 0.6 is 0 Å². The van der Waals surface area contributed by atoms with E-state index in [2.05, 4.69) is 5.32 Å². The van der Waals surface area contributed by atoms with Gasteiger partial charge in [0.15, 0.2) is 6.10 Å². The lowest BCUT2D eigenvalue weighted by molar-refractivity contribution is -0.144. The Hall–Kier alpha value is -2.83. The molecular formula is C20H25NO6. The second-order valence-corrected chi connectivity index (χ2v) is 6.57. The van der Waals surface area contributed by atoms with Gasteiger partial charge in [-0.25, -0.2) is 9.59 Å². The van der Waals surface area contributed by atoms with Crippen LogP contribution in [0.25, 0.3) is 11.0 Å². The Balaban J connectivity index is 2.17. The first-order valence-electron chi connectivity index (χ1n) is 9.03. The number of aliphatic carboxylic acids is 1. The summed E-state index contributed by atoms with van der Waals surface area (Å²) < 4.78 is 10.8. The molecule has 2 aromatic rings. The van der Waals surface area contributed by atoms with E-state index in [1.165, 1.54) is 13.0 Å². The van der Waals surface area contributed by atoms with E-state index in [4.69, 9.17) is 9.15 Å². The Morgan fingerprint density at radius 3 is 2.52 bits per heavy atom. The second kappa shape index (κ2) is 8.70. The number of carboxylic acid groups (broad SMARTS) is 1. The summed E-state index contributed by atoms with van der Waals surface area (Å²) in [6.45, 7) is 7.11. The van der Waals surface area contributed by atoms with Crippen LogP contribution in [-0.2, 0) is 16.0 Å². The maximum atomic E-state index is 12.3. The molecule has 1 aromatic carbocycles. The molecule has 7 heteroatoms. The summed E-state index contributed by atoms with van der Waals surface area (Å²) in [5.41, 5.74) is 0.809. The highest BCUT2D eigenvalue weighted by atomic mass is 16.5. The zero-order valence-corrected chi connectivity index (χ0v) is 15.9. The maximum Gasteiger partial charge on any atom is 0.336 e. The molecule has 146 valence electrons. The monoisotopic (exact) mass is 375 g/mol. The first kappa shape index (κ1) is 20.5. The number of aryl methyl sites for hydroxylation is 1. The van der Waals surface area contributed by atoms with Crippen molar-refractivity contribution in [2.24, 2.45) is 5.92 Å². The Morgan fingerprint density at radius 1 is 1.22 bits per heavy atom. The van der Waals surface area contributed by atoms with E-state index in [1.54, 1.807) is 25.1 Å². The fourth-order valence-corrected chi connectivity index (χ4v) is 2.79. The molecule has 1 heterocycles. The molecule has 1 amide bonds. The molecule has 0 saturated carbocycles. The van der Waals surface area contributed by atoms with Crippen LogP contribution in [0.2, 0.25) is 0 Å². The van der Waals surface area contributed by atoms with E-state index in [-0.39, 0.29) is 5.92 Å². The average molecular weight is 375 g/mol. The van der Waals surface area contributed by atoms with E-state index in [0.29, 0.717) is 24.2 Å². The number of benzene rings is 1. The SMILES string of the molecule is CCc1cc(=O)oc2cc(O[C@@H](C)C(=O)N[C@H](C(=O)O)[C@@H](C)CC)ccc12. The predicted molar refractivity (Wildman–Crippen MR) is 101 cm³/mol. The summed E-state index contributed by atoms with van der Waals surface area (Å²) in [5.74, 6) is -1.45. The van der Waals surface area contributed by atoms with Crippen molar-refractivity contribution in [1.29, 1.82) is 0 Å². The molecule has 0 unspecified atom stereocenters. The highest BCUT2D eigenvalue weighted by Gasteiger charge is 2.28. The lowest BCUT2D eigenvalue weighted by Crippen LogP contribution is -2.49. The van der Waals surface area contributed by atoms with Crippen LogP contribution in [-0.4, -0.2) is 29.1 Å². The molecule has 0 aliphatic heterocycles. The summed E-state index contributed by atoms with van der Waals surface area (Å²) in [4.78, 5) is 35.3. The highest BCUT2D eigenvalue weighted by Crippen LogP contribution is 2.23. The van der Waals surface area contributed by atoms with Gasteiger partial charge in [0.25, 0.3) is 5.91 Å². The van der Waals surface area contributed by atoms with Gasteiger partial charge in [-0.2, -0.15) is 0 Å². The van der Waals surface area contributed by atoms with Crippen molar-refractivity contribution in [2.75, 3.05) is 0 Å². The van der Waals surface area contributed by atoms with Gasteiger partial charge in [0.1, 0.15) is 17.4 Å². The summed E-state index contributed by atoms with van der Waals surface area (Å²) in [6.07, 6.45) is 0.401. The molecule has 0 fully saturated rings. The number of carbonyl (C=O) groups excluding carboxylic acids is 1. The van der Waals surface area contributed by atoms with E-state index in [9.17, 15) is 19.5 Å². The van der Waals surface area contributed by atoms with Gasteiger partial charge < -0.3 is 19.6 Å². The number of carboxylic acids is 1. The number of carbonyl (C=O) groups is 2. The smallest absolute Gasteiger partial charge is 0.336 e. The minimum Gasteiger partial charge on any atom is -0.481 e.